The fraction of sp³-hybridized carbons (Fsp3) is 0.125. The highest BCUT2D eigenvalue weighted by atomic mass is 16.6. The number of hydrogen-bond donors (Lipinski definition) is 2. The van der Waals surface area contributed by atoms with Crippen molar-refractivity contribution in [3.8, 4) is 23.0 Å². The van der Waals surface area contributed by atoms with E-state index in [9.17, 15) is 14.7 Å². The number of ether oxygens (including phenoxy) is 3. The van der Waals surface area contributed by atoms with Gasteiger partial charge in [-0.05, 0) is 36.4 Å². The molecule has 2 N–H and O–H groups in total. The maximum atomic E-state index is 12.1. The Morgan fingerprint density at radius 3 is 2.09 bits per heavy atom. The number of phenolic OH excluding ortho intramolecular Hbond substituents is 1. The van der Waals surface area contributed by atoms with Crippen LogP contribution in [0.1, 0.15) is 20.7 Å². The first-order valence-electron chi connectivity index (χ1n) is 6.46. The molecule has 2 rings (SSSR count). The van der Waals surface area contributed by atoms with E-state index >= 15 is 0 Å². The van der Waals surface area contributed by atoms with Crippen LogP contribution in [0.15, 0.2) is 36.4 Å². The van der Waals surface area contributed by atoms with Gasteiger partial charge in [-0.15, -0.1) is 0 Å². The second-order valence-corrected chi connectivity index (χ2v) is 4.45. The van der Waals surface area contributed by atoms with Crippen molar-refractivity contribution in [2.75, 3.05) is 14.2 Å². The highest BCUT2D eigenvalue weighted by Crippen LogP contribution is 2.30. The van der Waals surface area contributed by atoms with Crippen LogP contribution < -0.4 is 14.2 Å². The van der Waals surface area contributed by atoms with Crippen LogP contribution in [0.25, 0.3) is 0 Å². The Bertz CT molecular complexity index is 752. The first-order chi connectivity index (χ1) is 11.0. The van der Waals surface area contributed by atoms with Crippen molar-refractivity contribution >= 4 is 11.9 Å². The summed E-state index contributed by atoms with van der Waals surface area (Å²) in [6, 6.07) is 7.89. The Kier molecular flexibility index (Phi) is 4.70. The quantitative estimate of drug-likeness (QED) is 0.644. The van der Waals surface area contributed by atoms with Crippen molar-refractivity contribution in [1.82, 2.24) is 0 Å². The average Bonchev–Trinajstić information content (AvgIpc) is 2.55. The summed E-state index contributed by atoms with van der Waals surface area (Å²) in [7, 11) is 2.69. The number of carbonyl (C=O) groups excluding carboxylic acids is 1. The fourth-order valence-electron chi connectivity index (χ4n) is 1.85. The summed E-state index contributed by atoms with van der Waals surface area (Å²) in [6.07, 6.45) is 0. The molecule has 2 aromatic carbocycles. The Morgan fingerprint density at radius 2 is 1.48 bits per heavy atom. The Hall–Kier alpha value is -3.22. The van der Waals surface area contributed by atoms with Gasteiger partial charge in [-0.1, -0.05) is 0 Å². The lowest BCUT2D eigenvalue weighted by molar-refractivity contribution is 0.0696. The third kappa shape index (κ3) is 3.52. The first-order valence-corrected chi connectivity index (χ1v) is 6.46. The lowest BCUT2D eigenvalue weighted by Crippen LogP contribution is -2.10. The zero-order valence-corrected chi connectivity index (χ0v) is 12.4. The summed E-state index contributed by atoms with van der Waals surface area (Å²) in [6.45, 7) is 0. The first kappa shape index (κ1) is 16.2. The van der Waals surface area contributed by atoms with Crippen LogP contribution in [0.5, 0.6) is 23.0 Å². The van der Waals surface area contributed by atoms with Gasteiger partial charge in [-0.25, -0.2) is 9.59 Å². The van der Waals surface area contributed by atoms with Gasteiger partial charge in [0, 0.05) is 0 Å². The number of rotatable bonds is 5. The van der Waals surface area contributed by atoms with Crippen LogP contribution in [-0.2, 0) is 0 Å². The molecule has 7 heteroatoms. The lowest BCUT2D eigenvalue weighted by atomic mass is 10.2. The van der Waals surface area contributed by atoms with Gasteiger partial charge in [0.05, 0.1) is 25.3 Å². The highest BCUT2D eigenvalue weighted by Gasteiger charge is 2.16. The van der Waals surface area contributed by atoms with E-state index in [1.54, 1.807) is 0 Å². The Balaban J connectivity index is 2.28. The minimum atomic E-state index is -1.12. The molecular formula is C16H14O7. The largest absolute Gasteiger partial charge is 0.504 e. The number of carboxylic acids is 1. The highest BCUT2D eigenvalue weighted by molar-refractivity contribution is 5.93. The number of benzene rings is 2. The third-order valence-corrected chi connectivity index (χ3v) is 3.03. The van der Waals surface area contributed by atoms with E-state index in [0.29, 0.717) is 0 Å². The van der Waals surface area contributed by atoms with Crippen molar-refractivity contribution in [2.45, 2.75) is 0 Å². The average molecular weight is 318 g/mol. The second kappa shape index (κ2) is 6.69. The molecule has 0 spiro atoms. The molecular weight excluding hydrogens is 304 g/mol. The summed E-state index contributed by atoms with van der Waals surface area (Å²) >= 11 is 0. The summed E-state index contributed by atoms with van der Waals surface area (Å²) in [5.41, 5.74) is 0.164. The zero-order valence-electron chi connectivity index (χ0n) is 12.4. The van der Waals surface area contributed by atoms with Crippen LogP contribution in [-0.4, -0.2) is 36.4 Å². The normalized spacial score (nSPS) is 10.0. The van der Waals surface area contributed by atoms with Gasteiger partial charge in [0.1, 0.15) is 0 Å². The number of hydrogen-bond acceptors (Lipinski definition) is 6. The molecule has 0 aliphatic carbocycles. The molecule has 0 amide bonds. The number of esters is 1. The van der Waals surface area contributed by atoms with E-state index in [1.807, 2.05) is 0 Å². The summed E-state index contributed by atoms with van der Waals surface area (Å²) in [5, 5.41) is 18.5. The van der Waals surface area contributed by atoms with Gasteiger partial charge in [-0.2, -0.15) is 0 Å². The molecule has 0 aliphatic rings. The van der Waals surface area contributed by atoms with E-state index in [-0.39, 0.29) is 34.1 Å². The minimum Gasteiger partial charge on any atom is -0.504 e. The minimum absolute atomic E-state index is 0.00736. The lowest BCUT2D eigenvalue weighted by Gasteiger charge is -2.10. The fourth-order valence-corrected chi connectivity index (χ4v) is 1.85. The van der Waals surface area contributed by atoms with Crippen molar-refractivity contribution in [3.05, 3.63) is 47.5 Å². The van der Waals surface area contributed by atoms with E-state index in [0.717, 1.165) is 0 Å². The van der Waals surface area contributed by atoms with Gasteiger partial charge in [0.25, 0.3) is 0 Å². The van der Waals surface area contributed by atoms with Crippen molar-refractivity contribution < 1.29 is 34.0 Å². The van der Waals surface area contributed by atoms with E-state index in [1.165, 1.54) is 50.6 Å². The van der Waals surface area contributed by atoms with Crippen LogP contribution in [0, 0.1) is 0 Å². The van der Waals surface area contributed by atoms with Gasteiger partial charge in [-0.3, -0.25) is 0 Å². The molecule has 0 heterocycles. The predicted octanol–water partition coefficient (Wildman–Crippen LogP) is 2.33. The monoisotopic (exact) mass is 318 g/mol. The number of carbonyl (C=O) groups is 2. The SMILES string of the molecule is COc1cc(C(=O)Oc2ccc(C(=O)O)cc2OC)ccc1O. The summed E-state index contributed by atoms with van der Waals surface area (Å²) in [5.74, 6) is -1.60. The van der Waals surface area contributed by atoms with Gasteiger partial charge >= 0.3 is 11.9 Å². The standard InChI is InChI=1S/C16H14O7/c1-21-13-8-10(3-5-11(13)17)16(20)23-12-6-4-9(15(18)19)7-14(12)22-2/h3-8,17H,1-2H3,(H,18,19). The number of carboxylic acid groups (broad SMARTS) is 1. The Labute approximate surface area is 131 Å². The molecule has 23 heavy (non-hydrogen) atoms. The molecule has 0 atom stereocenters. The molecule has 2 aromatic rings. The van der Waals surface area contributed by atoms with Gasteiger partial charge in [0.15, 0.2) is 23.0 Å². The number of phenols is 1. The second-order valence-electron chi connectivity index (χ2n) is 4.45. The van der Waals surface area contributed by atoms with E-state index in [2.05, 4.69) is 0 Å². The van der Waals surface area contributed by atoms with Gasteiger partial charge in [0.2, 0.25) is 0 Å². The molecule has 0 unspecified atom stereocenters. The molecule has 120 valence electrons. The number of aromatic carboxylic acids is 1. The number of methoxy groups -OCH3 is 2. The van der Waals surface area contributed by atoms with Crippen molar-refractivity contribution in [3.63, 3.8) is 0 Å². The maximum Gasteiger partial charge on any atom is 0.343 e. The van der Waals surface area contributed by atoms with Crippen LogP contribution >= 0.6 is 0 Å². The molecule has 0 saturated heterocycles. The topological polar surface area (TPSA) is 102 Å². The molecule has 0 aliphatic heterocycles. The maximum absolute atomic E-state index is 12.1. The van der Waals surface area contributed by atoms with Crippen LogP contribution in [0.4, 0.5) is 0 Å². The van der Waals surface area contributed by atoms with Crippen LogP contribution in [0.2, 0.25) is 0 Å². The van der Waals surface area contributed by atoms with E-state index in [4.69, 9.17) is 19.3 Å². The smallest absolute Gasteiger partial charge is 0.343 e. The number of aromatic hydroxyl groups is 1. The molecule has 0 bridgehead atoms. The molecule has 7 nitrogen and oxygen atoms in total. The predicted molar refractivity (Wildman–Crippen MR) is 79.6 cm³/mol. The summed E-state index contributed by atoms with van der Waals surface area (Å²) in [4.78, 5) is 23.1. The summed E-state index contributed by atoms with van der Waals surface area (Å²) < 4.78 is 15.2. The molecule has 0 radical (unpaired) electrons. The van der Waals surface area contributed by atoms with Crippen LogP contribution in [0.3, 0.4) is 0 Å². The zero-order chi connectivity index (χ0) is 17.0. The van der Waals surface area contributed by atoms with Crippen molar-refractivity contribution in [2.24, 2.45) is 0 Å². The molecule has 0 aromatic heterocycles. The van der Waals surface area contributed by atoms with Crippen molar-refractivity contribution in [1.29, 1.82) is 0 Å². The third-order valence-electron chi connectivity index (χ3n) is 3.03. The van der Waals surface area contributed by atoms with Gasteiger partial charge < -0.3 is 24.4 Å². The molecule has 0 fully saturated rings. The van der Waals surface area contributed by atoms with E-state index < -0.39 is 11.9 Å². The Morgan fingerprint density at radius 1 is 0.870 bits per heavy atom. The molecule has 0 saturated carbocycles.